The first-order valence-corrected chi connectivity index (χ1v) is 10.1. The van der Waals surface area contributed by atoms with Crippen molar-refractivity contribution in [2.24, 2.45) is 0 Å². The molecule has 144 valence electrons. The lowest BCUT2D eigenvalue weighted by Crippen LogP contribution is -2.21. The maximum atomic E-state index is 12.2. The van der Waals surface area contributed by atoms with Crippen LogP contribution in [0.1, 0.15) is 0 Å². The molecule has 3 rings (SSSR count). The van der Waals surface area contributed by atoms with E-state index in [1.165, 1.54) is 31.3 Å². The minimum atomic E-state index is -3.51. The smallest absolute Gasteiger partial charge is 0.262 e. The molecule has 3 aromatic carbocycles. The van der Waals surface area contributed by atoms with Gasteiger partial charge in [-0.05, 0) is 42.9 Å². The van der Waals surface area contributed by atoms with Crippen LogP contribution in [-0.4, -0.2) is 28.0 Å². The van der Waals surface area contributed by atoms with E-state index in [9.17, 15) is 13.2 Å². The summed E-state index contributed by atoms with van der Waals surface area (Å²) in [4.78, 5) is 12.3. The zero-order chi connectivity index (χ0) is 20.0. The number of amides is 1. The van der Waals surface area contributed by atoms with Crippen molar-refractivity contribution in [2.45, 2.75) is 4.90 Å². The fourth-order valence-electron chi connectivity index (χ4n) is 2.62. The molecule has 0 aliphatic carbocycles. The van der Waals surface area contributed by atoms with Crippen molar-refractivity contribution in [1.82, 2.24) is 4.72 Å². The third kappa shape index (κ3) is 4.76. The van der Waals surface area contributed by atoms with E-state index in [2.05, 4.69) is 10.0 Å². The summed E-state index contributed by atoms with van der Waals surface area (Å²) in [5.74, 6) is 0.270. The molecule has 0 aliphatic heterocycles. The van der Waals surface area contributed by atoms with E-state index in [1.807, 2.05) is 54.6 Å². The normalized spacial score (nSPS) is 11.0. The van der Waals surface area contributed by atoms with Gasteiger partial charge >= 0.3 is 0 Å². The second-order valence-electron chi connectivity index (χ2n) is 5.93. The molecule has 7 heteroatoms. The zero-order valence-electron chi connectivity index (χ0n) is 15.3. The van der Waals surface area contributed by atoms with Gasteiger partial charge in [0.05, 0.1) is 4.90 Å². The van der Waals surface area contributed by atoms with Crippen LogP contribution in [0.2, 0.25) is 0 Å². The first kappa shape index (κ1) is 19.6. The molecule has 6 nitrogen and oxygen atoms in total. The van der Waals surface area contributed by atoms with Gasteiger partial charge in [-0.25, -0.2) is 13.1 Å². The average molecular weight is 396 g/mol. The second-order valence-corrected chi connectivity index (χ2v) is 7.82. The minimum absolute atomic E-state index is 0.126. The monoisotopic (exact) mass is 396 g/mol. The third-order valence-corrected chi connectivity index (χ3v) is 5.48. The van der Waals surface area contributed by atoms with Crippen LogP contribution in [0.15, 0.2) is 83.8 Å². The van der Waals surface area contributed by atoms with Crippen molar-refractivity contribution in [3.63, 3.8) is 0 Å². The number of anilines is 1. The number of carbonyl (C=O) groups excluding carboxylic acids is 1. The number of hydrogen-bond donors (Lipinski definition) is 2. The Balaban J connectivity index is 1.64. The number of nitrogens with one attached hydrogen (secondary N) is 2. The Morgan fingerprint density at radius 2 is 1.54 bits per heavy atom. The fourth-order valence-corrected chi connectivity index (χ4v) is 3.35. The lowest BCUT2D eigenvalue weighted by atomic mass is 10.1. The molecule has 28 heavy (non-hydrogen) atoms. The lowest BCUT2D eigenvalue weighted by Gasteiger charge is -2.12. The number of rotatable bonds is 7. The highest BCUT2D eigenvalue weighted by atomic mass is 32.2. The van der Waals surface area contributed by atoms with Gasteiger partial charge in [-0.3, -0.25) is 4.79 Å². The predicted molar refractivity (Wildman–Crippen MR) is 109 cm³/mol. The van der Waals surface area contributed by atoms with Gasteiger partial charge in [-0.2, -0.15) is 0 Å². The molecule has 0 fully saturated rings. The first-order chi connectivity index (χ1) is 13.5. The predicted octanol–water partition coefficient (Wildman–Crippen LogP) is 3.28. The second kappa shape index (κ2) is 8.69. The number of hydrogen-bond acceptors (Lipinski definition) is 4. The highest BCUT2D eigenvalue weighted by Gasteiger charge is 2.12. The molecule has 3 aromatic rings. The van der Waals surface area contributed by atoms with E-state index < -0.39 is 10.0 Å². The van der Waals surface area contributed by atoms with Gasteiger partial charge < -0.3 is 10.1 Å². The average Bonchev–Trinajstić information content (AvgIpc) is 2.73. The maximum absolute atomic E-state index is 12.2. The van der Waals surface area contributed by atoms with Crippen molar-refractivity contribution in [2.75, 3.05) is 19.0 Å². The lowest BCUT2D eigenvalue weighted by molar-refractivity contribution is -0.118. The Morgan fingerprint density at radius 3 is 2.21 bits per heavy atom. The van der Waals surface area contributed by atoms with Crippen molar-refractivity contribution < 1.29 is 17.9 Å². The summed E-state index contributed by atoms with van der Waals surface area (Å²) in [6.45, 7) is -0.166. The van der Waals surface area contributed by atoms with Gasteiger partial charge in [0.1, 0.15) is 5.75 Å². The van der Waals surface area contributed by atoms with E-state index in [4.69, 9.17) is 4.74 Å². The molecule has 0 aromatic heterocycles. The van der Waals surface area contributed by atoms with Crippen molar-refractivity contribution in [3.05, 3.63) is 78.9 Å². The molecule has 0 saturated heterocycles. The van der Waals surface area contributed by atoms with Crippen LogP contribution in [0.3, 0.4) is 0 Å². The molecule has 0 aliphatic rings. The van der Waals surface area contributed by atoms with Crippen molar-refractivity contribution in [1.29, 1.82) is 0 Å². The molecule has 0 heterocycles. The summed E-state index contributed by atoms with van der Waals surface area (Å²) in [6, 6.07) is 23.2. The SMILES string of the molecule is CNS(=O)(=O)c1ccc(NC(=O)COc2ccccc2-c2ccccc2)cc1. The van der Waals surface area contributed by atoms with Gasteiger partial charge in [0, 0.05) is 11.3 Å². The Kier molecular flexibility index (Phi) is 6.08. The molecule has 0 radical (unpaired) electrons. The van der Waals surface area contributed by atoms with E-state index in [1.54, 1.807) is 0 Å². The quantitative estimate of drug-likeness (QED) is 0.642. The van der Waals surface area contributed by atoms with Gasteiger partial charge in [0.15, 0.2) is 6.61 Å². The molecule has 0 atom stereocenters. The maximum Gasteiger partial charge on any atom is 0.262 e. The van der Waals surface area contributed by atoms with E-state index in [0.29, 0.717) is 11.4 Å². The first-order valence-electron chi connectivity index (χ1n) is 8.60. The number of carbonyl (C=O) groups is 1. The highest BCUT2D eigenvalue weighted by molar-refractivity contribution is 7.89. The van der Waals surface area contributed by atoms with Crippen LogP contribution in [-0.2, 0) is 14.8 Å². The van der Waals surface area contributed by atoms with Crippen molar-refractivity contribution >= 4 is 21.6 Å². The molecular weight excluding hydrogens is 376 g/mol. The molecule has 1 amide bonds. The molecule has 0 bridgehead atoms. The number of benzene rings is 3. The van der Waals surface area contributed by atoms with E-state index in [0.717, 1.165) is 11.1 Å². The topological polar surface area (TPSA) is 84.5 Å². The standard InChI is InChI=1S/C21H20N2O4S/c1-22-28(25,26)18-13-11-17(12-14-18)23-21(24)15-27-20-10-6-5-9-19(20)16-7-3-2-4-8-16/h2-14,22H,15H2,1H3,(H,23,24). The summed E-state index contributed by atoms with van der Waals surface area (Å²) in [6.07, 6.45) is 0. The van der Waals surface area contributed by atoms with Crippen LogP contribution in [0, 0.1) is 0 Å². The van der Waals surface area contributed by atoms with Crippen LogP contribution < -0.4 is 14.8 Å². The van der Waals surface area contributed by atoms with Crippen LogP contribution in [0.25, 0.3) is 11.1 Å². The Hall–Kier alpha value is -3.16. The van der Waals surface area contributed by atoms with Crippen LogP contribution >= 0.6 is 0 Å². The summed E-state index contributed by atoms with van der Waals surface area (Å²) in [5.41, 5.74) is 2.39. The Bertz CT molecular complexity index is 1050. The van der Waals surface area contributed by atoms with E-state index in [-0.39, 0.29) is 17.4 Å². The zero-order valence-corrected chi connectivity index (χ0v) is 16.1. The van der Waals surface area contributed by atoms with E-state index >= 15 is 0 Å². The molecule has 2 N–H and O–H groups in total. The van der Waals surface area contributed by atoms with Gasteiger partial charge in [-0.1, -0.05) is 48.5 Å². The Labute approximate surface area is 164 Å². The highest BCUT2D eigenvalue weighted by Crippen LogP contribution is 2.29. The summed E-state index contributed by atoms with van der Waals surface area (Å²) >= 11 is 0. The number of ether oxygens (including phenoxy) is 1. The van der Waals surface area contributed by atoms with Crippen LogP contribution in [0.5, 0.6) is 5.75 Å². The third-order valence-electron chi connectivity index (χ3n) is 4.05. The summed E-state index contributed by atoms with van der Waals surface area (Å²) in [5, 5.41) is 2.69. The molecule has 0 spiro atoms. The summed E-state index contributed by atoms with van der Waals surface area (Å²) < 4.78 is 31.4. The van der Waals surface area contributed by atoms with Gasteiger partial charge in [0.25, 0.3) is 5.91 Å². The fraction of sp³-hybridized carbons (Fsp3) is 0.0952. The minimum Gasteiger partial charge on any atom is -0.483 e. The van der Waals surface area contributed by atoms with Crippen molar-refractivity contribution in [3.8, 4) is 16.9 Å². The molecule has 0 unspecified atom stereocenters. The number of para-hydroxylation sites is 1. The van der Waals surface area contributed by atoms with Crippen LogP contribution in [0.4, 0.5) is 5.69 Å². The summed E-state index contributed by atoms with van der Waals surface area (Å²) in [7, 11) is -2.17. The molecule has 0 saturated carbocycles. The Morgan fingerprint density at radius 1 is 0.893 bits per heavy atom. The van der Waals surface area contributed by atoms with Gasteiger partial charge in [-0.15, -0.1) is 0 Å². The van der Waals surface area contributed by atoms with Gasteiger partial charge in [0.2, 0.25) is 10.0 Å². The molecular formula is C21H20N2O4S. The number of sulfonamides is 1. The largest absolute Gasteiger partial charge is 0.483 e.